The molecule has 34 heavy (non-hydrogen) atoms. The van der Waals surface area contributed by atoms with E-state index in [1.54, 1.807) is 32.2 Å². The number of amidine groups is 1. The van der Waals surface area contributed by atoms with E-state index in [9.17, 15) is 17.6 Å². The third-order valence-corrected chi connectivity index (χ3v) is 6.86. The topological polar surface area (TPSA) is 122 Å². The Labute approximate surface area is 196 Å². The van der Waals surface area contributed by atoms with Gasteiger partial charge in [-0.3, -0.25) is 4.79 Å². The van der Waals surface area contributed by atoms with Gasteiger partial charge in [0.15, 0.2) is 0 Å². The van der Waals surface area contributed by atoms with Crippen LogP contribution < -0.4 is 5.32 Å². The summed E-state index contributed by atoms with van der Waals surface area (Å²) in [4.78, 5) is 15.0. The number of likely N-dealkylation sites (tertiary alicyclic amines) is 1. The van der Waals surface area contributed by atoms with E-state index in [1.165, 1.54) is 35.0 Å². The van der Waals surface area contributed by atoms with E-state index in [1.807, 2.05) is 4.90 Å². The van der Waals surface area contributed by atoms with Gasteiger partial charge in [-0.1, -0.05) is 18.2 Å². The average Bonchev–Trinajstić information content (AvgIpc) is 3.41. The number of carbonyl (C=O) groups excluding carboxylic acids is 1. The molecule has 1 amide bonds. The zero-order valence-corrected chi connectivity index (χ0v) is 19.5. The summed E-state index contributed by atoms with van der Waals surface area (Å²) in [6.07, 6.45) is 1.66. The van der Waals surface area contributed by atoms with Crippen molar-refractivity contribution in [2.75, 3.05) is 18.9 Å². The van der Waals surface area contributed by atoms with Crippen molar-refractivity contribution in [3.8, 4) is 0 Å². The van der Waals surface area contributed by atoms with Crippen molar-refractivity contribution in [1.82, 2.24) is 25.1 Å². The zero-order valence-electron chi connectivity index (χ0n) is 18.7. The molecule has 0 bridgehead atoms. The molecule has 0 saturated carbocycles. The van der Waals surface area contributed by atoms with Crippen molar-refractivity contribution in [3.63, 3.8) is 0 Å². The highest BCUT2D eigenvalue weighted by atomic mass is 32.2. The normalized spacial score (nSPS) is 16.1. The Morgan fingerprint density at radius 3 is 2.65 bits per heavy atom. The fourth-order valence-corrected chi connectivity index (χ4v) is 4.86. The molecule has 3 aromatic rings. The maximum Gasteiger partial charge on any atom is 0.284 e. The van der Waals surface area contributed by atoms with Gasteiger partial charge in [-0.2, -0.15) is 8.42 Å². The van der Waals surface area contributed by atoms with Gasteiger partial charge in [0.25, 0.3) is 10.0 Å². The van der Waals surface area contributed by atoms with E-state index >= 15 is 0 Å². The van der Waals surface area contributed by atoms with Gasteiger partial charge in [-0.15, -0.1) is 9.50 Å². The first-order valence-electron chi connectivity index (χ1n) is 10.7. The molecule has 1 aliphatic heterocycles. The number of anilines is 1. The van der Waals surface area contributed by atoms with Gasteiger partial charge in [0.1, 0.15) is 23.5 Å². The summed E-state index contributed by atoms with van der Waals surface area (Å²) in [5, 5.41) is 14.1. The van der Waals surface area contributed by atoms with Gasteiger partial charge in [-0.05, 0) is 59.7 Å². The van der Waals surface area contributed by atoms with E-state index in [2.05, 4.69) is 25.2 Å². The Morgan fingerprint density at radius 2 is 2.00 bits per heavy atom. The summed E-state index contributed by atoms with van der Waals surface area (Å²) >= 11 is 0. The van der Waals surface area contributed by atoms with Crippen LogP contribution in [0.5, 0.6) is 0 Å². The van der Waals surface area contributed by atoms with Crippen molar-refractivity contribution in [2.45, 2.75) is 37.1 Å². The smallest absolute Gasteiger partial charge is 0.284 e. The number of hydrogen-bond acceptors (Lipinski definition) is 6. The molecule has 1 saturated heterocycles. The van der Waals surface area contributed by atoms with E-state index in [0.717, 1.165) is 13.0 Å². The molecule has 0 aliphatic carbocycles. The summed E-state index contributed by atoms with van der Waals surface area (Å²) in [7, 11) is -2.13. The predicted molar refractivity (Wildman–Crippen MR) is 123 cm³/mol. The largest absolute Gasteiger partial charge is 0.362 e. The first-order chi connectivity index (χ1) is 16.2. The third-order valence-electron chi connectivity index (χ3n) is 5.56. The van der Waals surface area contributed by atoms with Crippen molar-refractivity contribution in [2.24, 2.45) is 4.40 Å². The van der Waals surface area contributed by atoms with Gasteiger partial charge in [0, 0.05) is 32.1 Å². The van der Waals surface area contributed by atoms with Gasteiger partial charge >= 0.3 is 0 Å². The Bertz CT molecular complexity index is 1320. The van der Waals surface area contributed by atoms with Gasteiger partial charge in [-0.25, -0.2) is 9.07 Å². The molecule has 1 unspecified atom stereocenters. The van der Waals surface area contributed by atoms with Crippen LogP contribution in [0.3, 0.4) is 0 Å². The summed E-state index contributed by atoms with van der Waals surface area (Å²) in [6, 6.07) is 10.9. The van der Waals surface area contributed by atoms with Gasteiger partial charge < -0.3 is 10.2 Å². The van der Waals surface area contributed by atoms with Crippen LogP contribution in [-0.2, 0) is 21.2 Å². The quantitative estimate of drug-likeness (QED) is 0.545. The minimum absolute atomic E-state index is 0.0215. The fraction of sp³-hybridized carbons (Fsp3) is 0.318. The highest BCUT2D eigenvalue weighted by molar-refractivity contribution is 7.90. The SMILES string of the molecule is Cc1nnnn1C(Cc1ccc(F)cc1)C(=O)Nc1cccc(S(=O)(=O)/N=C2\CCCN2C)c1. The van der Waals surface area contributed by atoms with E-state index in [4.69, 9.17) is 0 Å². The standard InChI is InChI=1S/C22H24FN7O3S/c1-15-25-27-28-30(15)20(13-16-8-10-17(23)11-9-16)22(31)24-18-5-3-6-19(14-18)34(32,33)26-21-7-4-12-29(21)2/h3,5-6,8-11,14,20H,4,7,12-13H2,1-2H3,(H,24,31)/b26-21+. The molecule has 1 N–H and O–H groups in total. The summed E-state index contributed by atoms with van der Waals surface area (Å²) in [5.41, 5.74) is 1.00. The molecule has 2 heterocycles. The van der Waals surface area contributed by atoms with Crippen molar-refractivity contribution in [3.05, 3.63) is 65.7 Å². The molecular formula is C22H24FN7O3S. The fourth-order valence-electron chi connectivity index (χ4n) is 3.72. The molecule has 1 aliphatic rings. The molecule has 1 atom stereocenters. The maximum atomic E-state index is 13.3. The monoisotopic (exact) mass is 485 g/mol. The number of tetrazole rings is 1. The maximum absolute atomic E-state index is 13.3. The molecule has 0 spiro atoms. The number of nitrogens with one attached hydrogen (secondary N) is 1. The van der Waals surface area contributed by atoms with Crippen LogP contribution >= 0.6 is 0 Å². The summed E-state index contributed by atoms with van der Waals surface area (Å²) < 4.78 is 44.3. The highest BCUT2D eigenvalue weighted by Crippen LogP contribution is 2.22. The van der Waals surface area contributed by atoms with E-state index < -0.39 is 22.0 Å². The second kappa shape index (κ2) is 9.67. The summed E-state index contributed by atoms with van der Waals surface area (Å²) in [6.45, 7) is 2.42. The Balaban J connectivity index is 1.58. The van der Waals surface area contributed by atoms with Crippen LogP contribution in [0.1, 0.15) is 30.3 Å². The minimum atomic E-state index is -3.94. The summed E-state index contributed by atoms with van der Waals surface area (Å²) in [5.74, 6) is 0.114. The third kappa shape index (κ3) is 5.28. The lowest BCUT2D eigenvalue weighted by atomic mass is 10.0. The van der Waals surface area contributed by atoms with Crippen molar-refractivity contribution in [1.29, 1.82) is 0 Å². The van der Waals surface area contributed by atoms with E-state index in [-0.39, 0.29) is 17.1 Å². The molecule has 12 heteroatoms. The lowest BCUT2D eigenvalue weighted by Crippen LogP contribution is -2.29. The number of aryl methyl sites for hydroxylation is 1. The number of nitrogens with zero attached hydrogens (tertiary/aromatic N) is 6. The number of carbonyl (C=O) groups is 1. The first kappa shape index (κ1) is 23.5. The lowest BCUT2D eigenvalue weighted by Gasteiger charge is -2.18. The van der Waals surface area contributed by atoms with Crippen LogP contribution in [0.4, 0.5) is 10.1 Å². The number of aromatic nitrogens is 4. The van der Waals surface area contributed by atoms with Gasteiger partial charge in [0.2, 0.25) is 5.91 Å². The van der Waals surface area contributed by atoms with Crippen molar-refractivity contribution >= 4 is 27.5 Å². The van der Waals surface area contributed by atoms with E-state index in [0.29, 0.717) is 29.3 Å². The number of sulfonamides is 1. The number of rotatable bonds is 7. The molecule has 1 aromatic heterocycles. The number of benzene rings is 2. The van der Waals surface area contributed by atoms with Crippen LogP contribution in [-0.4, -0.2) is 58.9 Å². The molecule has 0 radical (unpaired) electrons. The minimum Gasteiger partial charge on any atom is -0.362 e. The van der Waals surface area contributed by atoms with Crippen LogP contribution in [0.2, 0.25) is 0 Å². The molecule has 178 valence electrons. The zero-order chi connectivity index (χ0) is 24.3. The first-order valence-corrected chi connectivity index (χ1v) is 12.1. The molecule has 4 rings (SSSR count). The highest BCUT2D eigenvalue weighted by Gasteiger charge is 2.25. The lowest BCUT2D eigenvalue weighted by molar-refractivity contribution is -0.119. The number of amides is 1. The van der Waals surface area contributed by atoms with Gasteiger partial charge in [0.05, 0.1) is 4.90 Å². The second-order valence-electron chi connectivity index (χ2n) is 8.04. The average molecular weight is 486 g/mol. The van der Waals surface area contributed by atoms with Crippen molar-refractivity contribution < 1.29 is 17.6 Å². The molecule has 10 nitrogen and oxygen atoms in total. The van der Waals surface area contributed by atoms with Crippen LogP contribution in [0.25, 0.3) is 0 Å². The van der Waals surface area contributed by atoms with Crippen LogP contribution in [0, 0.1) is 12.7 Å². The molecule has 1 fully saturated rings. The molecule has 2 aromatic carbocycles. The Morgan fingerprint density at radius 1 is 1.24 bits per heavy atom. The number of hydrogen-bond donors (Lipinski definition) is 1. The Kier molecular flexibility index (Phi) is 6.68. The predicted octanol–water partition coefficient (Wildman–Crippen LogP) is 2.36. The van der Waals surface area contributed by atoms with Crippen LogP contribution in [0.15, 0.2) is 57.8 Å². The second-order valence-corrected chi connectivity index (χ2v) is 9.65. The Hall–Kier alpha value is -3.67. The molecular weight excluding hydrogens is 461 g/mol. The number of halogens is 1.